The molecule has 3 aliphatic rings. The summed E-state index contributed by atoms with van der Waals surface area (Å²) in [4.78, 5) is 15.3. The van der Waals surface area contributed by atoms with Crippen LogP contribution in [-0.4, -0.2) is 54.9 Å². The number of halogens is 1. The first-order valence-electron chi connectivity index (χ1n) is 11.9. The van der Waals surface area contributed by atoms with Gasteiger partial charge in [0.1, 0.15) is 11.9 Å². The molecule has 0 aliphatic carbocycles. The minimum atomic E-state index is -0.489. The molecule has 3 aliphatic heterocycles. The SMILES string of the molecule is COc1cc(C(=O)N2CCC3(CC2)Oc2cc(Cl)ccc2-n2cccc23)ccc1O[C@@H]1CCOC1. The Hall–Kier alpha value is -3.16. The molecule has 182 valence electrons. The van der Waals surface area contributed by atoms with E-state index in [1.807, 2.05) is 35.2 Å². The molecule has 3 aromatic rings. The van der Waals surface area contributed by atoms with E-state index in [0.29, 0.717) is 61.2 Å². The Morgan fingerprint density at radius 2 is 1.97 bits per heavy atom. The van der Waals surface area contributed by atoms with Gasteiger partial charge in [0, 0.05) is 55.2 Å². The summed E-state index contributed by atoms with van der Waals surface area (Å²) in [5.74, 6) is 1.93. The highest BCUT2D eigenvalue weighted by Gasteiger charge is 2.44. The number of benzene rings is 2. The summed E-state index contributed by atoms with van der Waals surface area (Å²) in [5.41, 5.74) is 2.19. The molecule has 35 heavy (non-hydrogen) atoms. The Kier molecular flexibility index (Phi) is 5.61. The van der Waals surface area contributed by atoms with E-state index in [4.69, 9.17) is 30.5 Å². The summed E-state index contributed by atoms with van der Waals surface area (Å²) in [7, 11) is 1.59. The standard InChI is InChI=1S/C27H27ClN2O5/c1-32-24-15-18(4-7-22(24)34-20-8-14-33-17-20)26(31)29-12-9-27(10-13-29)25-3-2-11-30(25)21-6-5-19(28)16-23(21)35-27/h2-7,11,15-16,20H,8-10,12-14,17H2,1H3/t20-/m1/s1. The van der Waals surface area contributed by atoms with Crippen LogP contribution < -0.4 is 14.2 Å². The molecular formula is C27H27ClN2O5. The Balaban J connectivity index is 1.19. The number of amides is 1. The molecule has 0 unspecified atom stereocenters. The van der Waals surface area contributed by atoms with Gasteiger partial charge in [-0.15, -0.1) is 0 Å². The molecule has 0 N–H and O–H groups in total. The monoisotopic (exact) mass is 494 g/mol. The van der Waals surface area contributed by atoms with Crippen LogP contribution in [0.15, 0.2) is 54.7 Å². The van der Waals surface area contributed by atoms with Gasteiger partial charge in [0.25, 0.3) is 5.91 Å². The van der Waals surface area contributed by atoms with E-state index in [1.165, 1.54) is 0 Å². The molecule has 1 spiro atoms. The third-order valence-corrected chi connectivity index (χ3v) is 7.39. The summed E-state index contributed by atoms with van der Waals surface area (Å²) in [6, 6.07) is 15.2. The van der Waals surface area contributed by atoms with E-state index in [1.54, 1.807) is 19.2 Å². The van der Waals surface area contributed by atoms with Crippen molar-refractivity contribution >= 4 is 17.5 Å². The smallest absolute Gasteiger partial charge is 0.253 e. The van der Waals surface area contributed by atoms with Gasteiger partial charge in [0.15, 0.2) is 17.1 Å². The van der Waals surface area contributed by atoms with Crippen LogP contribution in [0.3, 0.4) is 0 Å². The maximum absolute atomic E-state index is 13.4. The van der Waals surface area contributed by atoms with Gasteiger partial charge in [0.2, 0.25) is 0 Å². The zero-order valence-electron chi connectivity index (χ0n) is 19.5. The summed E-state index contributed by atoms with van der Waals surface area (Å²) < 4.78 is 25.7. The average Bonchev–Trinajstić information content (AvgIpc) is 3.57. The van der Waals surface area contributed by atoms with Crippen LogP contribution in [0.2, 0.25) is 5.02 Å². The highest BCUT2D eigenvalue weighted by Crippen LogP contribution is 2.46. The summed E-state index contributed by atoms with van der Waals surface area (Å²) in [6.45, 7) is 2.44. The van der Waals surface area contributed by atoms with Crippen molar-refractivity contribution in [1.29, 1.82) is 0 Å². The van der Waals surface area contributed by atoms with Crippen LogP contribution in [-0.2, 0) is 10.3 Å². The molecule has 0 radical (unpaired) electrons. The number of nitrogens with zero attached hydrogens (tertiary/aromatic N) is 2. The van der Waals surface area contributed by atoms with Gasteiger partial charge in [-0.25, -0.2) is 0 Å². The fourth-order valence-electron chi connectivity index (χ4n) is 5.29. The van der Waals surface area contributed by atoms with Crippen LogP contribution >= 0.6 is 11.6 Å². The first kappa shape index (κ1) is 22.3. The Morgan fingerprint density at radius 1 is 1.11 bits per heavy atom. The van der Waals surface area contributed by atoms with Crippen LogP contribution in [0.5, 0.6) is 17.2 Å². The predicted molar refractivity (Wildman–Crippen MR) is 131 cm³/mol. The van der Waals surface area contributed by atoms with Crippen LogP contribution in [0.25, 0.3) is 5.69 Å². The van der Waals surface area contributed by atoms with Gasteiger partial charge in [-0.05, 0) is 42.5 Å². The zero-order valence-corrected chi connectivity index (χ0v) is 20.3. The Bertz CT molecular complexity index is 1260. The van der Waals surface area contributed by atoms with Gasteiger partial charge in [-0.1, -0.05) is 11.6 Å². The maximum atomic E-state index is 13.4. The molecule has 8 heteroatoms. The molecule has 7 nitrogen and oxygen atoms in total. The molecule has 1 amide bonds. The van der Waals surface area contributed by atoms with Crippen molar-refractivity contribution in [3.05, 3.63) is 71.0 Å². The summed E-state index contributed by atoms with van der Waals surface area (Å²) in [6.07, 6.45) is 4.29. The lowest BCUT2D eigenvalue weighted by atomic mass is 9.86. The van der Waals surface area contributed by atoms with Gasteiger partial charge in [0.05, 0.1) is 31.7 Å². The predicted octanol–water partition coefficient (Wildman–Crippen LogP) is 4.83. The first-order chi connectivity index (χ1) is 17.1. The van der Waals surface area contributed by atoms with Crippen LogP contribution in [0, 0.1) is 0 Å². The molecule has 0 saturated carbocycles. The van der Waals surface area contributed by atoms with Gasteiger partial charge < -0.3 is 28.4 Å². The van der Waals surface area contributed by atoms with Crippen molar-refractivity contribution < 1.29 is 23.7 Å². The van der Waals surface area contributed by atoms with E-state index < -0.39 is 5.60 Å². The second kappa shape index (κ2) is 8.81. The van der Waals surface area contributed by atoms with Crippen LogP contribution in [0.1, 0.15) is 35.3 Å². The number of likely N-dealkylation sites (tertiary alicyclic amines) is 1. The number of hydrogen-bond acceptors (Lipinski definition) is 5. The lowest BCUT2D eigenvalue weighted by Gasteiger charge is -2.45. The largest absolute Gasteiger partial charge is 0.493 e. The van der Waals surface area contributed by atoms with Crippen LogP contribution in [0.4, 0.5) is 0 Å². The molecule has 2 saturated heterocycles. The quantitative estimate of drug-likeness (QED) is 0.520. The van der Waals surface area contributed by atoms with Gasteiger partial charge in [-0.3, -0.25) is 4.79 Å². The molecule has 1 atom stereocenters. The summed E-state index contributed by atoms with van der Waals surface area (Å²) >= 11 is 6.25. The first-order valence-corrected chi connectivity index (χ1v) is 12.3. The highest BCUT2D eigenvalue weighted by atomic mass is 35.5. The molecule has 2 aromatic carbocycles. The van der Waals surface area contributed by atoms with Crippen molar-refractivity contribution in [2.24, 2.45) is 0 Å². The van der Waals surface area contributed by atoms with E-state index in [0.717, 1.165) is 23.6 Å². The number of piperidine rings is 1. The fourth-order valence-corrected chi connectivity index (χ4v) is 5.45. The number of carbonyl (C=O) groups excluding carboxylic acids is 1. The lowest BCUT2D eigenvalue weighted by Crippen LogP contribution is -2.50. The van der Waals surface area contributed by atoms with E-state index in [-0.39, 0.29) is 12.0 Å². The molecule has 1 aromatic heterocycles. The molecule has 0 bridgehead atoms. The minimum Gasteiger partial charge on any atom is -0.493 e. The highest BCUT2D eigenvalue weighted by molar-refractivity contribution is 6.30. The molecular weight excluding hydrogens is 468 g/mol. The van der Waals surface area contributed by atoms with Crippen molar-refractivity contribution in [2.45, 2.75) is 31.0 Å². The van der Waals surface area contributed by atoms with E-state index in [2.05, 4.69) is 16.8 Å². The number of fused-ring (bicyclic) bond motifs is 4. The number of hydrogen-bond donors (Lipinski definition) is 0. The van der Waals surface area contributed by atoms with Crippen molar-refractivity contribution in [1.82, 2.24) is 9.47 Å². The molecule has 6 rings (SSSR count). The summed E-state index contributed by atoms with van der Waals surface area (Å²) in [5, 5.41) is 0.643. The maximum Gasteiger partial charge on any atom is 0.253 e. The zero-order chi connectivity index (χ0) is 24.0. The van der Waals surface area contributed by atoms with E-state index >= 15 is 0 Å². The van der Waals surface area contributed by atoms with Gasteiger partial charge >= 0.3 is 0 Å². The van der Waals surface area contributed by atoms with Crippen molar-refractivity contribution in [3.63, 3.8) is 0 Å². The van der Waals surface area contributed by atoms with E-state index in [9.17, 15) is 4.79 Å². The second-order valence-corrected chi connectivity index (χ2v) is 9.67. The number of aromatic nitrogens is 1. The topological polar surface area (TPSA) is 62.2 Å². The number of methoxy groups -OCH3 is 1. The average molecular weight is 495 g/mol. The number of rotatable bonds is 4. The fraction of sp³-hybridized carbons (Fsp3) is 0.370. The number of carbonyl (C=O) groups is 1. The van der Waals surface area contributed by atoms with Gasteiger partial charge in [-0.2, -0.15) is 0 Å². The second-order valence-electron chi connectivity index (χ2n) is 9.23. The Morgan fingerprint density at radius 3 is 2.74 bits per heavy atom. The lowest BCUT2D eigenvalue weighted by molar-refractivity contribution is -0.00930. The molecule has 2 fully saturated rings. The number of ether oxygens (including phenoxy) is 4. The third kappa shape index (κ3) is 3.93. The van der Waals surface area contributed by atoms with Crippen molar-refractivity contribution in [3.8, 4) is 22.9 Å². The minimum absolute atomic E-state index is 0.0122. The Labute approximate surface area is 209 Å². The molecule has 4 heterocycles. The van der Waals surface area contributed by atoms with Crippen molar-refractivity contribution in [2.75, 3.05) is 33.4 Å². The third-order valence-electron chi connectivity index (χ3n) is 7.15. The normalized spacial score (nSPS) is 20.2.